The number of nitrogens with one attached hydrogen (secondary N) is 1. The van der Waals surface area contributed by atoms with Crippen LogP contribution in [0.15, 0.2) is 11.4 Å². The van der Waals surface area contributed by atoms with Crippen molar-refractivity contribution in [2.75, 3.05) is 26.2 Å². The molecule has 0 saturated carbocycles. The zero-order valence-corrected chi connectivity index (χ0v) is 12.7. The van der Waals surface area contributed by atoms with E-state index in [-0.39, 0.29) is 0 Å². The molecule has 1 aliphatic rings. The maximum absolute atomic E-state index is 5.89. The molecule has 0 aliphatic carbocycles. The summed E-state index contributed by atoms with van der Waals surface area (Å²) in [4.78, 5) is 3.93. The van der Waals surface area contributed by atoms with Crippen molar-refractivity contribution in [3.63, 3.8) is 0 Å². The summed E-state index contributed by atoms with van der Waals surface area (Å²) in [7, 11) is 0. The minimum absolute atomic E-state index is 0.860. The Kier molecular flexibility index (Phi) is 5.96. The third-order valence-electron chi connectivity index (χ3n) is 3.63. The van der Waals surface area contributed by atoms with Gasteiger partial charge in [0.25, 0.3) is 0 Å². The molecule has 18 heavy (non-hydrogen) atoms. The van der Waals surface area contributed by atoms with E-state index in [4.69, 9.17) is 11.6 Å². The Morgan fingerprint density at radius 3 is 2.89 bits per heavy atom. The van der Waals surface area contributed by atoms with Crippen LogP contribution < -0.4 is 5.32 Å². The molecule has 2 nitrogen and oxygen atoms in total. The molecule has 2 rings (SSSR count). The molecule has 1 fully saturated rings. The van der Waals surface area contributed by atoms with Crippen molar-refractivity contribution in [2.24, 2.45) is 5.92 Å². The molecule has 1 aliphatic heterocycles. The molecule has 0 atom stereocenters. The average molecular weight is 287 g/mol. The van der Waals surface area contributed by atoms with Gasteiger partial charge in [-0.3, -0.25) is 0 Å². The Morgan fingerprint density at radius 1 is 1.44 bits per heavy atom. The van der Waals surface area contributed by atoms with Crippen molar-refractivity contribution in [2.45, 2.75) is 32.7 Å². The zero-order valence-electron chi connectivity index (χ0n) is 11.1. The van der Waals surface area contributed by atoms with Crippen LogP contribution in [0.1, 0.15) is 31.1 Å². The average Bonchev–Trinajstić information content (AvgIpc) is 2.77. The summed E-state index contributed by atoms with van der Waals surface area (Å²) in [6, 6.07) is 2.05. The SMILES string of the molecule is CC1CCN(CCCNCc2cc(Cl)cs2)CC1. The molecule has 1 N–H and O–H groups in total. The van der Waals surface area contributed by atoms with Crippen LogP contribution in [0.2, 0.25) is 5.02 Å². The van der Waals surface area contributed by atoms with Crippen molar-refractivity contribution >= 4 is 22.9 Å². The van der Waals surface area contributed by atoms with Crippen LogP contribution in [0, 0.1) is 5.92 Å². The van der Waals surface area contributed by atoms with E-state index in [9.17, 15) is 0 Å². The molecule has 1 aromatic heterocycles. The molecule has 0 bridgehead atoms. The van der Waals surface area contributed by atoms with Gasteiger partial charge < -0.3 is 10.2 Å². The summed E-state index contributed by atoms with van der Waals surface area (Å²) < 4.78 is 0. The van der Waals surface area contributed by atoms with Gasteiger partial charge in [0.2, 0.25) is 0 Å². The van der Waals surface area contributed by atoms with Crippen LogP contribution in [0.4, 0.5) is 0 Å². The maximum atomic E-state index is 5.89. The van der Waals surface area contributed by atoms with Crippen molar-refractivity contribution in [3.8, 4) is 0 Å². The molecule has 0 spiro atoms. The number of likely N-dealkylation sites (tertiary alicyclic amines) is 1. The minimum Gasteiger partial charge on any atom is -0.312 e. The molecule has 102 valence electrons. The summed E-state index contributed by atoms with van der Waals surface area (Å²) >= 11 is 7.62. The summed E-state index contributed by atoms with van der Waals surface area (Å²) in [5, 5.41) is 6.34. The van der Waals surface area contributed by atoms with Crippen LogP contribution in [0.5, 0.6) is 0 Å². The number of thiophene rings is 1. The summed E-state index contributed by atoms with van der Waals surface area (Å²) in [5.74, 6) is 0.933. The molecule has 0 aromatic carbocycles. The number of halogens is 1. The van der Waals surface area contributed by atoms with E-state index in [2.05, 4.69) is 17.1 Å². The Bertz CT molecular complexity index is 345. The summed E-state index contributed by atoms with van der Waals surface area (Å²) in [6.07, 6.45) is 4.00. The van der Waals surface area contributed by atoms with Crippen LogP contribution in [0.25, 0.3) is 0 Å². The maximum Gasteiger partial charge on any atom is 0.0516 e. The molecule has 1 aromatic rings. The molecule has 0 amide bonds. The lowest BCUT2D eigenvalue weighted by molar-refractivity contribution is 0.190. The molecule has 4 heteroatoms. The molecular weight excluding hydrogens is 264 g/mol. The van der Waals surface area contributed by atoms with Gasteiger partial charge in [0.15, 0.2) is 0 Å². The van der Waals surface area contributed by atoms with Crippen molar-refractivity contribution in [1.82, 2.24) is 10.2 Å². The van der Waals surface area contributed by atoms with Crippen LogP contribution in [-0.4, -0.2) is 31.1 Å². The Hall–Kier alpha value is -0.0900. The predicted octanol–water partition coefficient (Wildman–Crippen LogP) is 3.61. The van der Waals surface area contributed by atoms with E-state index >= 15 is 0 Å². The highest BCUT2D eigenvalue weighted by molar-refractivity contribution is 7.10. The van der Waals surface area contributed by atoms with Crippen molar-refractivity contribution < 1.29 is 0 Å². The van der Waals surface area contributed by atoms with E-state index < -0.39 is 0 Å². The molecule has 0 unspecified atom stereocenters. The summed E-state index contributed by atoms with van der Waals surface area (Å²) in [6.45, 7) is 8.25. The first-order valence-electron chi connectivity index (χ1n) is 6.90. The van der Waals surface area contributed by atoms with E-state index in [0.29, 0.717) is 0 Å². The van der Waals surface area contributed by atoms with Gasteiger partial charge in [-0.2, -0.15) is 0 Å². The highest BCUT2D eigenvalue weighted by Gasteiger charge is 2.14. The van der Waals surface area contributed by atoms with Crippen molar-refractivity contribution in [3.05, 3.63) is 21.3 Å². The third kappa shape index (κ3) is 4.88. The lowest BCUT2D eigenvalue weighted by Crippen LogP contribution is -2.34. The zero-order chi connectivity index (χ0) is 12.8. The van der Waals surface area contributed by atoms with Gasteiger partial charge in [0.1, 0.15) is 0 Å². The summed E-state index contributed by atoms with van der Waals surface area (Å²) in [5.41, 5.74) is 0. The Morgan fingerprint density at radius 2 is 2.22 bits per heavy atom. The molecular formula is C14H23ClN2S. The second-order valence-electron chi connectivity index (χ2n) is 5.29. The fourth-order valence-electron chi connectivity index (χ4n) is 2.37. The smallest absolute Gasteiger partial charge is 0.0516 e. The van der Waals surface area contributed by atoms with Crippen LogP contribution in [0.3, 0.4) is 0 Å². The normalized spacial score (nSPS) is 18.3. The Balaban J connectivity index is 1.51. The van der Waals surface area contributed by atoms with E-state index in [1.54, 1.807) is 11.3 Å². The fourth-order valence-corrected chi connectivity index (χ4v) is 3.41. The van der Waals surface area contributed by atoms with Crippen LogP contribution >= 0.6 is 22.9 Å². The number of nitrogens with zero attached hydrogens (tertiary/aromatic N) is 1. The number of hydrogen-bond donors (Lipinski definition) is 1. The van der Waals surface area contributed by atoms with Crippen LogP contribution in [-0.2, 0) is 6.54 Å². The molecule has 2 heterocycles. The second kappa shape index (κ2) is 7.49. The predicted molar refractivity (Wildman–Crippen MR) is 80.5 cm³/mol. The lowest BCUT2D eigenvalue weighted by atomic mass is 9.99. The first-order valence-corrected chi connectivity index (χ1v) is 8.16. The molecule has 1 saturated heterocycles. The Labute approximate surface area is 119 Å². The lowest BCUT2D eigenvalue weighted by Gasteiger charge is -2.30. The monoisotopic (exact) mass is 286 g/mol. The highest BCUT2D eigenvalue weighted by Crippen LogP contribution is 2.18. The number of hydrogen-bond acceptors (Lipinski definition) is 3. The van der Waals surface area contributed by atoms with Gasteiger partial charge in [-0.25, -0.2) is 0 Å². The topological polar surface area (TPSA) is 15.3 Å². The minimum atomic E-state index is 0.860. The van der Waals surface area contributed by atoms with Gasteiger partial charge in [0, 0.05) is 16.8 Å². The van der Waals surface area contributed by atoms with Crippen molar-refractivity contribution in [1.29, 1.82) is 0 Å². The first kappa shape index (κ1) is 14.3. The van der Waals surface area contributed by atoms with Gasteiger partial charge in [0.05, 0.1) is 5.02 Å². The number of rotatable bonds is 6. The largest absolute Gasteiger partial charge is 0.312 e. The quantitative estimate of drug-likeness (QED) is 0.804. The third-order valence-corrected chi connectivity index (χ3v) is 4.91. The van der Waals surface area contributed by atoms with Gasteiger partial charge in [-0.05, 0) is 57.4 Å². The van der Waals surface area contributed by atoms with E-state index in [0.717, 1.165) is 24.0 Å². The first-order chi connectivity index (χ1) is 8.74. The fraction of sp³-hybridized carbons (Fsp3) is 0.714. The molecule has 0 radical (unpaired) electrons. The standard InChI is InChI=1S/C14H23ClN2S/c1-12-3-7-17(8-4-12)6-2-5-16-10-14-9-13(15)11-18-14/h9,11-12,16H,2-8,10H2,1H3. The highest BCUT2D eigenvalue weighted by atomic mass is 35.5. The van der Waals surface area contributed by atoms with Gasteiger partial charge >= 0.3 is 0 Å². The van der Waals surface area contributed by atoms with E-state index in [1.165, 1.54) is 43.8 Å². The van der Waals surface area contributed by atoms with E-state index in [1.807, 2.05) is 11.4 Å². The number of piperidine rings is 1. The van der Waals surface area contributed by atoms with Gasteiger partial charge in [-0.15, -0.1) is 11.3 Å². The second-order valence-corrected chi connectivity index (χ2v) is 6.72. The van der Waals surface area contributed by atoms with Gasteiger partial charge in [-0.1, -0.05) is 18.5 Å².